The Morgan fingerprint density at radius 1 is 1.34 bits per heavy atom. The molecule has 0 saturated carbocycles. The largest absolute Gasteiger partial charge is 0.478 e. The van der Waals surface area contributed by atoms with E-state index in [0.29, 0.717) is 22.2 Å². The minimum atomic E-state index is -0.674. The summed E-state index contributed by atoms with van der Waals surface area (Å²) in [5.74, 6) is -0.103. The minimum Gasteiger partial charge on any atom is -0.478 e. The second kappa shape index (κ2) is 8.56. The van der Waals surface area contributed by atoms with Gasteiger partial charge in [0.1, 0.15) is 11.9 Å². The van der Waals surface area contributed by atoms with E-state index < -0.39 is 11.9 Å². The molecule has 32 heavy (non-hydrogen) atoms. The number of anilines is 1. The number of fused-ring (bicyclic) bond motifs is 1. The third-order valence-corrected chi connectivity index (χ3v) is 6.96. The van der Waals surface area contributed by atoms with Gasteiger partial charge in [-0.3, -0.25) is 4.90 Å². The van der Waals surface area contributed by atoms with Gasteiger partial charge in [-0.25, -0.2) is 9.37 Å². The summed E-state index contributed by atoms with van der Waals surface area (Å²) in [4.78, 5) is 6.80. The van der Waals surface area contributed by atoms with Gasteiger partial charge >= 0.3 is 0 Å². The second-order valence-electron chi connectivity index (χ2n) is 8.17. The van der Waals surface area contributed by atoms with Crippen LogP contribution in [-0.4, -0.2) is 42.1 Å². The molecule has 0 bridgehead atoms. The lowest BCUT2D eigenvalue weighted by Crippen LogP contribution is -2.57. The second-order valence-corrected chi connectivity index (χ2v) is 8.95. The van der Waals surface area contributed by atoms with Crippen LogP contribution in [0, 0.1) is 5.82 Å². The van der Waals surface area contributed by atoms with Crippen LogP contribution < -0.4 is 15.8 Å². The molecule has 1 unspecified atom stereocenters. The number of nitrogens with two attached hydrogens (primary N) is 1. The first-order valence-electron chi connectivity index (χ1n) is 10.5. The van der Waals surface area contributed by atoms with Crippen molar-refractivity contribution in [2.45, 2.75) is 25.5 Å². The summed E-state index contributed by atoms with van der Waals surface area (Å²) in [5, 5.41) is 4.37. The molecule has 4 heterocycles. The molecule has 1 atom stereocenters. The maximum atomic E-state index is 14.0. The van der Waals surface area contributed by atoms with Crippen molar-refractivity contribution in [3.63, 3.8) is 0 Å². The number of halogens is 3. The minimum absolute atomic E-state index is 0.0811. The molecule has 0 radical (unpaired) electrons. The Balaban J connectivity index is 1.45. The fourth-order valence-corrected chi connectivity index (χ4v) is 4.96. The van der Waals surface area contributed by atoms with E-state index in [1.54, 1.807) is 19.4 Å². The number of benzene rings is 1. The number of aromatic nitrogens is 1. The van der Waals surface area contributed by atoms with Gasteiger partial charge in [0.25, 0.3) is 0 Å². The summed E-state index contributed by atoms with van der Waals surface area (Å²) >= 11 is 12.4. The maximum Gasteiger partial charge on any atom is 0.205 e. The van der Waals surface area contributed by atoms with Crippen molar-refractivity contribution in [1.82, 2.24) is 15.2 Å². The van der Waals surface area contributed by atoms with Crippen LogP contribution in [0.15, 0.2) is 35.1 Å². The third kappa shape index (κ3) is 3.73. The first kappa shape index (κ1) is 21.5. The SMILES string of the molecule is CC(Oc1c(N)ncc2c(C3=CCN(C4CNC4)CC3)coc12)c1c(Cl)ccc(F)c1Cl. The first-order valence-corrected chi connectivity index (χ1v) is 11.3. The fourth-order valence-electron chi connectivity index (χ4n) is 4.29. The van der Waals surface area contributed by atoms with E-state index >= 15 is 0 Å². The highest BCUT2D eigenvalue weighted by Gasteiger charge is 2.27. The Morgan fingerprint density at radius 3 is 2.84 bits per heavy atom. The predicted octanol–water partition coefficient (Wildman–Crippen LogP) is 5.06. The lowest BCUT2D eigenvalue weighted by atomic mass is 9.97. The molecule has 0 spiro atoms. The molecular formula is C23H23Cl2FN4O2. The van der Waals surface area contributed by atoms with Crippen LogP contribution in [0.4, 0.5) is 10.2 Å². The number of ether oxygens (including phenoxy) is 1. The van der Waals surface area contributed by atoms with Gasteiger partial charge in [-0.1, -0.05) is 29.3 Å². The van der Waals surface area contributed by atoms with E-state index in [-0.39, 0.29) is 16.6 Å². The highest BCUT2D eigenvalue weighted by Crippen LogP contribution is 2.41. The molecule has 1 saturated heterocycles. The number of nitrogens with zero attached hydrogens (tertiary/aromatic N) is 2. The normalized spacial score (nSPS) is 18.4. The fraction of sp³-hybridized carbons (Fsp3) is 0.348. The van der Waals surface area contributed by atoms with E-state index in [9.17, 15) is 4.39 Å². The van der Waals surface area contributed by atoms with E-state index in [0.717, 1.165) is 43.5 Å². The zero-order valence-corrected chi connectivity index (χ0v) is 19.0. The standard InChI is InChI=1S/C23H23Cl2FN4O2/c1-12(19-17(24)2-3-18(26)20(19)25)32-22-21-15(10-29-23(22)27)16(11-31-21)13-4-6-30(7-5-13)14-8-28-9-14/h2-4,10-12,14,28H,5-9H2,1H3,(H2,27,29). The van der Waals surface area contributed by atoms with E-state index in [2.05, 4.69) is 21.3 Å². The molecule has 0 amide bonds. The number of rotatable bonds is 5. The quantitative estimate of drug-likeness (QED) is 0.501. The molecule has 9 heteroatoms. The summed E-state index contributed by atoms with van der Waals surface area (Å²) in [6.07, 6.45) is 5.92. The summed E-state index contributed by atoms with van der Waals surface area (Å²) < 4.78 is 26.0. The van der Waals surface area contributed by atoms with Gasteiger partial charge in [-0.05, 0) is 31.1 Å². The summed E-state index contributed by atoms with van der Waals surface area (Å²) in [6, 6.07) is 3.29. The van der Waals surface area contributed by atoms with Crippen LogP contribution in [0.2, 0.25) is 10.0 Å². The Hall–Kier alpha value is -2.32. The maximum absolute atomic E-state index is 14.0. The van der Waals surface area contributed by atoms with Gasteiger partial charge in [-0.2, -0.15) is 0 Å². The zero-order valence-electron chi connectivity index (χ0n) is 17.5. The van der Waals surface area contributed by atoms with Crippen molar-refractivity contribution in [2.24, 2.45) is 0 Å². The average molecular weight is 477 g/mol. The summed E-state index contributed by atoms with van der Waals surface area (Å²) in [6.45, 7) is 5.75. The van der Waals surface area contributed by atoms with Gasteiger partial charge in [-0.15, -0.1) is 0 Å². The van der Waals surface area contributed by atoms with Crippen molar-refractivity contribution in [3.8, 4) is 5.75 Å². The van der Waals surface area contributed by atoms with Gasteiger partial charge < -0.3 is 20.2 Å². The zero-order chi connectivity index (χ0) is 22.4. The van der Waals surface area contributed by atoms with Crippen LogP contribution in [-0.2, 0) is 0 Å². The highest BCUT2D eigenvalue weighted by atomic mass is 35.5. The van der Waals surface area contributed by atoms with Gasteiger partial charge in [0.15, 0.2) is 11.4 Å². The molecule has 2 aliphatic rings. The topological polar surface area (TPSA) is 76.6 Å². The van der Waals surface area contributed by atoms with Gasteiger partial charge in [0, 0.05) is 54.6 Å². The molecule has 2 aliphatic heterocycles. The Bertz CT molecular complexity index is 1210. The van der Waals surface area contributed by atoms with Crippen molar-refractivity contribution in [3.05, 3.63) is 57.7 Å². The number of furan rings is 1. The molecule has 0 aliphatic carbocycles. The third-order valence-electron chi connectivity index (χ3n) is 6.24. The van der Waals surface area contributed by atoms with Crippen LogP contribution >= 0.6 is 23.2 Å². The van der Waals surface area contributed by atoms with Crippen LogP contribution in [0.25, 0.3) is 16.5 Å². The molecule has 168 valence electrons. The van der Waals surface area contributed by atoms with E-state index in [1.807, 2.05) is 0 Å². The van der Waals surface area contributed by atoms with Crippen LogP contribution in [0.1, 0.15) is 30.6 Å². The number of hydrogen-bond donors (Lipinski definition) is 2. The van der Waals surface area contributed by atoms with Crippen LogP contribution in [0.3, 0.4) is 0 Å². The van der Waals surface area contributed by atoms with Gasteiger partial charge in [0.05, 0.1) is 16.7 Å². The number of hydrogen-bond acceptors (Lipinski definition) is 6. The Morgan fingerprint density at radius 2 is 2.16 bits per heavy atom. The first-order chi connectivity index (χ1) is 15.4. The number of nitrogens with one attached hydrogen (secondary N) is 1. The summed E-state index contributed by atoms with van der Waals surface area (Å²) in [5.41, 5.74) is 9.16. The molecule has 6 nitrogen and oxygen atoms in total. The molecule has 1 aromatic carbocycles. The molecule has 3 aromatic rings. The molecule has 3 N–H and O–H groups in total. The summed E-state index contributed by atoms with van der Waals surface area (Å²) in [7, 11) is 0. The lowest BCUT2D eigenvalue weighted by Gasteiger charge is -2.39. The molecule has 5 rings (SSSR count). The molecule has 1 fully saturated rings. The van der Waals surface area contributed by atoms with Crippen LogP contribution in [0.5, 0.6) is 5.75 Å². The van der Waals surface area contributed by atoms with E-state index in [1.165, 1.54) is 17.7 Å². The van der Waals surface area contributed by atoms with E-state index in [4.69, 9.17) is 38.1 Å². The van der Waals surface area contributed by atoms with Crippen molar-refractivity contribution in [1.29, 1.82) is 0 Å². The number of pyridine rings is 1. The predicted molar refractivity (Wildman–Crippen MR) is 125 cm³/mol. The molecular weight excluding hydrogens is 454 g/mol. The Kier molecular flexibility index (Phi) is 5.75. The highest BCUT2D eigenvalue weighted by molar-refractivity contribution is 6.36. The number of nitrogen functional groups attached to an aromatic ring is 1. The van der Waals surface area contributed by atoms with Gasteiger partial charge in [0.2, 0.25) is 5.75 Å². The Labute approximate surface area is 195 Å². The smallest absolute Gasteiger partial charge is 0.205 e. The van der Waals surface area contributed by atoms with Crippen molar-refractivity contribution in [2.75, 3.05) is 31.9 Å². The van der Waals surface area contributed by atoms with Crippen molar-refractivity contribution >= 4 is 45.6 Å². The monoisotopic (exact) mass is 476 g/mol. The average Bonchev–Trinajstić information content (AvgIpc) is 3.17. The van der Waals surface area contributed by atoms with Crippen molar-refractivity contribution < 1.29 is 13.5 Å². The lowest BCUT2D eigenvalue weighted by molar-refractivity contribution is 0.160. The molecule has 2 aromatic heterocycles.